The highest BCUT2D eigenvalue weighted by Crippen LogP contribution is 2.23. The Morgan fingerprint density at radius 3 is 2.54 bits per heavy atom. The third-order valence-electron chi connectivity index (χ3n) is 5.82. The highest BCUT2D eigenvalue weighted by molar-refractivity contribution is 6.32. The summed E-state index contributed by atoms with van der Waals surface area (Å²) in [5.74, 6) is 2.41. The van der Waals surface area contributed by atoms with Gasteiger partial charge in [0.1, 0.15) is 17.3 Å². The molecule has 0 radical (unpaired) electrons. The number of nitrogens with zero attached hydrogens (tertiary/aromatic N) is 2. The fraction of sp³-hybridized carbons (Fsp3) is 0.286. The maximum Gasteiger partial charge on any atom is 0.251 e. The number of unbranched alkanes of at least 4 members (excludes halogenated alkanes) is 1. The van der Waals surface area contributed by atoms with Crippen LogP contribution in [0.25, 0.3) is 11.0 Å². The van der Waals surface area contributed by atoms with Gasteiger partial charge in [-0.2, -0.15) is 0 Å². The minimum Gasteiger partial charge on any atom is -0.497 e. The lowest BCUT2D eigenvalue weighted by molar-refractivity contribution is 0.0953. The number of carbonyl (C=O) groups excluding carboxylic acids is 1. The normalized spacial score (nSPS) is 10.9. The molecule has 0 bridgehead atoms. The Hall–Kier alpha value is -3.51. The van der Waals surface area contributed by atoms with Crippen molar-refractivity contribution in [2.75, 3.05) is 20.3 Å². The van der Waals surface area contributed by atoms with E-state index in [2.05, 4.69) is 16.0 Å². The van der Waals surface area contributed by atoms with E-state index in [9.17, 15) is 4.79 Å². The lowest BCUT2D eigenvalue weighted by atomic mass is 10.2. The average Bonchev–Trinajstić information content (AvgIpc) is 3.24. The van der Waals surface area contributed by atoms with E-state index < -0.39 is 0 Å². The Morgan fingerprint density at radius 2 is 1.74 bits per heavy atom. The van der Waals surface area contributed by atoms with Crippen molar-refractivity contribution in [3.05, 3.63) is 89.2 Å². The Kier molecular flexibility index (Phi) is 8.63. The van der Waals surface area contributed by atoms with E-state index in [1.165, 1.54) is 0 Å². The number of hydrogen-bond donors (Lipinski definition) is 1. The third-order valence-corrected chi connectivity index (χ3v) is 6.13. The molecule has 0 aliphatic rings. The van der Waals surface area contributed by atoms with Crippen LogP contribution in [0.3, 0.4) is 0 Å². The first-order valence-electron chi connectivity index (χ1n) is 11.9. The van der Waals surface area contributed by atoms with E-state index in [1.54, 1.807) is 31.4 Å². The molecule has 1 N–H and O–H groups in total. The zero-order chi connectivity index (χ0) is 24.5. The van der Waals surface area contributed by atoms with Gasteiger partial charge in [0.05, 0.1) is 29.8 Å². The predicted octanol–water partition coefficient (Wildman–Crippen LogP) is 5.92. The number of nitrogens with one attached hydrogen (secondary N) is 1. The predicted molar refractivity (Wildman–Crippen MR) is 140 cm³/mol. The fourth-order valence-electron chi connectivity index (χ4n) is 3.97. The molecule has 0 unspecified atom stereocenters. The van der Waals surface area contributed by atoms with Crippen LogP contribution in [0.4, 0.5) is 0 Å². The lowest BCUT2D eigenvalue weighted by Gasteiger charge is -2.11. The second-order valence-electron chi connectivity index (χ2n) is 8.24. The summed E-state index contributed by atoms with van der Waals surface area (Å²) in [4.78, 5) is 17.2. The third kappa shape index (κ3) is 6.55. The molecule has 0 saturated heterocycles. The van der Waals surface area contributed by atoms with Crippen LogP contribution in [0.2, 0.25) is 5.02 Å². The largest absolute Gasteiger partial charge is 0.497 e. The van der Waals surface area contributed by atoms with Gasteiger partial charge in [-0.25, -0.2) is 4.98 Å². The molecular formula is C28H30ClN3O3. The maximum atomic E-state index is 12.4. The summed E-state index contributed by atoms with van der Waals surface area (Å²) >= 11 is 6.16. The Morgan fingerprint density at radius 1 is 0.971 bits per heavy atom. The van der Waals surface area contributed by atoms with Crippen LogP contribution in [-0.4, -0.2) is 35.7 Å². The number of aromatic nitrogens is 2. The number of halogens is 1. The topological polar surface area (TPSA) is 65.4 Å². The van der Waals surface area contributed by atoms with Crippen molar-refractivity contribution < 1.29 is 14.3 Å². The average molecular weight is 492 g/mol. The molecular weight excluding hydrogens is 462 g/mol. The van der Waals surface area contributed by atoms with Crippen molar-refractivity contribution in [2.45, 2.75) is 32.2 Å². The molecule has 0 fully saturated rings. The molecule has 0 spiro atoms. The number of hydrogen-bond acceptors (Lipinski definition) is 4. The number of imidazole rings is 1. The summed E-state index contributed by atoms with van der Waals surface area (Å²) in [6.07, 6.45) is 3.47. The van der Waals surface area contributed by atoms with Crippen LogP contribution in [-0.2, 0) is 13.0 Å². The van der Waals surface area contributed by atoms with Gasteiger partial charge in [0.15, 0.2) is 0 Å². The first-order chi connectivity index (χ1) is 17.2. The summed E-state index contributed by atoms with van der Waals surface area (Å²) in [5.41, 5.74) is 2.76. The molecule has 6 nitrogen and oxygen atoms in total. The summed E-state index contributed by atoms with van der Waals surface area (Å²) in [5, 5.41) is 3.63. The zero-order valence-electron chi connectivity index (χ0n) is 19.9. The molecule has 0 saturated carbocycles. The molecule has 1 heterocycles. The number of para-hydroxylation sites is 3. The van der Waals surface area contributed by atoms with Crippen molar-refractivity contribution in [2.24, 2.45) is 0 Å². The van der Waals surface area contributed by atoms with Crippen LogP contribution < -0.4 is 14.8 Å². The van der Waals surface area contributed by atoms with Gasteiger partial charge in [-0.05, 0) is 67.8 Å². The standard InChI is InChI=1S/C28H30ClN3O3/c1-34-22-16-14-21(15-17-22)28(33)30-18-8-13-27-31-24-10-3-4-11-25(24)32(27)19-6-7-20-35-26-12-5-2-9-23(26)29/h2-5,9-12,14-17H,6-8,13,18-20H2,1H3,(H,30,33). The van der Waals surface area contributed by atoms with Crippen molar-refractivity contribution in [1.82, 2.24) is 14.9 Å². The molecule has 4 rings (SSSR count). The summed E-state index contributed by atoms with van der Waals surface area (Å²) in [6, 6.07) is 22.8. The summed E-state index contributed by atoms with van der Waals surface area (Å²) < 4.78 is 13.3. The van der Waals surface area contributed by atoms with Gasteiger partial charge in [0, 0.05) is 25.1 Å². The first kappa shape index (κ1) is 24.6. The Bertz CT molecular complexity index is 1250. The minimum absolute atomic E-state index is 0.0836. The molecule has 0 atom stereocenters. The Labute approximate surface area is 210 Å². The van der Waals surface area contributed by atoms with Gasteiger partial charge in [-0.15, -0.1) is 0 Å². The minimum atomic E-state index is -0.0836. The van der Waals surface area contributed by atoms with Gasteiger partial charge >= 0.3 is 0 Å². The van der Waals surface area contributed by atoms with Crippen molar-refractivity contribution >= 4 is 28.5 Å². The van der Waals surface area contributed by atoms with Crippen molar-refractivity contribution in [3.63, 3.8) is 0 Å². The maximum absolute atomic E-state index is 12.4. The smallest absolute Gasteiger partial charge is 0.251 e. The van der Waals surface area contributed by atoms with Crippen LogP contribution in [0, 0.1) is 0 Å². The first-order valence-corrected chi connectivity index (χ1v) is 12.3. The van der Waals surface area contributed by atoms with E-state index in [-0.39, 0.29) is 5.91 Å². The van der Waals surface area contributed by atoms with Gasteiger partial charge in [0.25, 0.3) is 5.91 Å². The number of ether oxygens (including phenoxy) is 2. The molecule has 3 aromatic carbocycles. The number of rotatable bonds is 12. The van der Waals surface area contributed by atoms with Crippen LogP contribution >= 0.6 is 11.6 Å². The molecule has 4 aromatic rings. The highest BCUT2D eigenvalue weighted by Gasteiger charge is 2.11. The van der Waals surface area contributed by atoms with Crippen molar-refractivity contribution in [1.29, 1.82) is 0 Å². The van der Waals surface area contributed by atoms with E-state index in [0.29, 0.717) is 23.7 Å². The van der Waals surface area contributed by atoms with Gasteiger partial charge in [-0.3, -0.25) is 4.79 Å². The molecule has 182 valence electrons. The second kappa shape index (κ2) is 12.3. The Balaban J connectivity index is 1.28. The zero-order valence-corrected chi connectivity index (χ0v) is 20.6. The molecule has 1 aromatic heterocycles. The van der Waals surface area contributed by atoms with E-state index >= 15 is 0 Å². The van der Waals surface area contributed by atoms with Gasteiger partial charge in [-0.1, -0.05) is 35.9 Å². The summed E-state index contributed by atoms with van der Waals surface area (Å²) in [7, 11) is 1.61. The second-order valence-corrected chi connectivity index (χ2v) is 8.65. The number of methoxy groups -OCH3 is 1. The molecule has 0 aliphatic heterocycles. The number of aryl methyl sites for hydroxylation is 2. The van der Waals surface area contributed by atoms with E-state index in [0.717, 1.165) is 60.6 Å². The number of benzene rings is 3. The highest BCUT2D eigenvalue weighted by atomic mass is 35.5. The SMILES string of the molecule is COc1ccc(C(=O)NCCCc2nc3ccccc3n2CCCCOc2ccccc2Cl)cc1. The molecule has 1 amide bonds. The molecule has 7 heteroatoms. The summed E-state index contributed by atoms with van der Waals surface area (Å²) in [6.45, 7) is 2.06. The van der Waals surface area contributed by atoms with Gasteiger partial charge in [0.2, 0.25) is 0 Å². The number of carbonyl (C=O) groups is 1. The van der Waals surface area contributed by atoms with E-state index in [4.69, 9.17) is 26.1 Å². The fourth-order valence-corrected chi connectivity index (χ4v) is 4.16. The van der Waals surface area contributed by atoms with Gasteiger partial charge < -0.3 is 19.4 Å². The van der Waals surface area contributed by atoms with Crippen LogP contribution in [0.15, 0.2) is 72.8 Å². The number of amides is 1. The monoisotopic (exact) mass is 491 g/mol. The quantitative estimate of drug-likeness (QED) is 0.250. The lowest BCUT2D eigenvalue weighted by Crippen LogP contribution is -2.25. The molecule has 35 heavy (non-hydrogen) atoms. The number of fused-ring (bicyclic) bond motifs is 1. The molecule has 0 aliphatic carbocycles. The van der Waals surface area contributed by atoms with E-state index in [1.807, 2.05) is 42.5 Å². The van der Waals surface area contributed by atoms with Crippen LogP contribution in [0.1, 0.15) is 35.4 Å². The van der Waals surface area contributed by atoms with Crippen LogP contribution in [0.5, 0.6) is 11.5 Å². The van der Waals surface area contributed by atoms with Crippen molar-refractivity contribution in [3.8, 4) is 11.5 Å².